The SMILES string of the molecule is CCN[C@]12c3ccccc3C[C@H]1CCCC2C. The van der Waals surface area contributed by atoms with Crippen LogP contribution in [0.2, 0.25) is 0 Å². The summed E-state index contributed by atoms with van der Waals surface area (Å²) in [5, 5.41) is 3.87. The van der Waals surface area contributed by atoms with E-state index in [0.717, 1.165) is 18.4 Å². The summed E-state index contributed by atoms with van der Waals surface area (Å²) in [7, 11) is 0. The molecule has 0 saturated heterocycles. The number of nitrogens with one attached hydrogen (secondary N) is 1. The third-order valence-electron chi connectivity index (χ3n) is 5.01. The Hall–Kier alpha value is -0.820. The van der Waals surface area contributed by atoms with Crippen LogP contribution in [0.15, 0.2) is 24.3 Å². The molecule has 0 bridgehead atoms. The molecule has 0 aliphatic heterocycles. The Bertz CT molecular complexity index is 412. The van der Waals surface area contributed by atoms with Gasteiger partial charge in [0.05, 0.1) is 0 Å². The fourth-order valence-electron chi connectivity index (χ4n) is 4.35. The van der Waals surface area contributed by atoms with E-state index in [2.05, 4.69) is 43.4 Å². The van der Waals surface area contributed by atoms with E-state index in [4.69, 9.17) is 0 Å². The van der Waals surface area contributed by atoms with Gasteiger partial charge in [0.25, 0.3) is 0 Å². The Labute approximate surface area is 105 Å². The van der Waals surface area contributed by atoms with E-state index in [1.54, 1.807) is 11.1 Å². The highest BCUT2D eigenvalue weighted by Crippen LogP contribution is 2.52. The van der Waals surface area contributed by atoms with Gasteiger partial charge in [-0.3, -0.25) is 0 Å². The van der Waals surface area contributed by atoms with Gasteiger partial charge in [0.2, 0.25) is 0 Å². The lowest BCUT2D eigenvalue weighted by atomic mass is 9.66. The first-order valence-electron chi connectivity index (χ1n) is 7.12. The van der Waals surface area contributed by atoms with E-state index in [1.807, 2.05) is 0 Å². The van der Waals surface area contributed by atoms with Crippen LogP contribution in [0.5, 0.6) is 0 Å². The Morgan fingerprint density at radius 1 is 1.29 bits per heavy atom. The zero-order valence-corrected chi connectivity index (χ0v) is 11.0. The first-order valence-corrected chi connectivity index (χ1v) is 7.12. The van der Waals surface area contributed by atoms with Crippen LogP contribution in [0.1, 0.15) is 44.2 Å². The maximum Gasteiger partial charge on any atom is 0.0494 e. The summed E-state index contributed by atoms with van der Waals surface area (Å²) in [6, 6.07) is 9.10. The highest BCUT2D eigenvalue weighted by Gasteiger charge is 2.50. The van der Waals surface area contributed by atoms with Gasteiger partial charge < -0.3 is 5.32 Å². The van der Waals surface area contributed by atoms with Crippen molar-refractivity contribution in [3.8, 4) is 0 Å². The monoisotopic (exact) mass is 229 g/mol. The molecular formula is C16H23N. The summed E-state index contributed by atoms with van der Waals surface area (Å²) in [5.74, 6) is 1.59. The van der Waals surface area contributed by atoms with Crippen molar-refractivity contribution in [2.75, 3.05) is 6.54 Å². The summed E-state index contributed by atoms with van der Waals surface area (Å²) in [4.78, 5) is 0. The van der Waals surface area contributed by atoms with Crippen LogP contribution in [0.3, 0.4) is 0 Å². The summed E-state index contributed by atoms with van der Waals surface area (Å²) in [5.41, 5.74) is 3.47. The van der Waals surface area contributed by atoms with Crippen LogP contribution < -0.4 is 5.32 Å². The molecular weight excluding hydrogens is 206 g/mol. The molecule has 17 heavy (non-hydrogen) atoms. The molecule has 92 valence electrons. The molecule has 1 saturated carbocycles. The van der Waals surface area contributed by atoms with Gasteiger partial charge in [-0.1, -0.05) is 44.5 Å². The summed E-state index contributed by atoms with van der Waals surface area (Å²) in [6.07, 6.45) is 5.46. The minimum absolute atomic E-state index is 0.281. The molecule has 0 spiro atoms. The van der Waals surface area contributed by atoms with Gasteiger partial charge in [-0.25, -0.2) is 0 Å². The predicted octanol–water partition coefficient (Wildman–Crippen LogP) is 3.48. The van der Waals surface area contributed by atoms with Gasteiger partial charge in [0.15, 0.2) is 0 Å². The molecule has 1 aromatic rings. The minimum Gasteiger partial charge on any atom is -0.307 e. The van der Waals surface area contributed by atoms with Crippen LogP contribution >= 0.6 is 0 Å². The minimum atomic E-state index is 0.281. The molecule has 2 aliphatic rings. The van der Waals surface area contributed by atoms with Gasteiger partial charge in [0.1, 0.15) is 0 Å². The lowest BCUT2D eigenvalue weighted by molar-refractivity contribution is 0.0964. The van der Waals surface area contributed by atoms with Crippen LogP contribution in [0.25, 0.3) is 0 Å². The average Bonchev–Trinajstić information content (AvgIpc) is 2.66. The van der Waals surface area contributed by atoms with Crippen molar-refractivity contribution in [2.24, 2.45) is 11.8 Å². The largest absolute Gasteiger partial charge is 0.307 e. The number of hydrogen-bond donors (Lipinski definition) is 1. The standard InChI is InChI=1S/C16H23N/c1-3-17-16-12(2)7-6-9-14(16)11-13-8-4-5-10-15(13)16/h4-5,8,10,12,14,17H,3,6-7,9,11H2,1-2H3/t12?,14-,16+/m1/s1. The van der Waals surface area contributed by atoms with Gasteiger partial charge in [-0.2, -0.15) is 0 Å². The van der Waals surface area contributed by atoms with E-state index in [-0.39, 0.29) is 5.54 Å². The topological polar surface area (TPSA) is 12.0 Å². The number of benzene rings is 1. The van der Waals surface area contributed by atoms with E-state index in [9.17, 15) is 0 Å². The van der Waals surface area contributed by atoms with Crippen LogP contribution in [0, 0.1) is 11.8 Å². The fraction of sp³-hybridized carbons (Fsp3) is 0.625. The maximum atomic E-state index is 3.87. The van der Waals surface area contributed by atoms with Crippen molar-refractivity contribution in [3.63, 3.8) is 0 Å². The first-order chi connectivity index (χ1) is 8.29. The summed E-state index contributed by atoms with van der Waals surface area (Å²) in [6.45, 7) is 5.76. The molecule has 0 heterocycles. The highest BCUT2D eigenvalue weighted by molar-refractivity contribution is 5.41. The lowest BCUT2D eigenvalue weighted by Gasteiger charge is -2.46. The second-order valence-corrected chi connectivity index (χ2v) is 5.79. The molecule has 1 unspecified atom stereocenters. The lowest BCUT2D eigenvalue weighted by Crippen LogP contribution is -2.52. The molecule has 0 amide bonds. The van der Waals surface area contributed by atoms with Crippen molar-refractivity contribution >= 4 is 0 Å². The zero-order valence-electron chi connectivity index (χ0n) is 11.0. The molecule has 2 aliphatic carbocycles. The van der Waals surface area contributed by atoms with E-state index in [0.29, 0.717) is 0 Å². The van der Waals surface area contributed by atoms with E-state index in [1.165, 1.54) is 25.7 Å². The molecule has 0 radical (unpaired) electrons. The molecule has 0 aromatic heterocycles. The Morgan fingerprint density at radius 3 is 2.94 bits per heavy atom. The third-order valence-corrected chi connectivity index (χ3v) is 5.01. The van der Waals surface area contributed by atoms with Crippen molar-refractivity contribution < 1.29 is 0 Å². The molecule has 1 N–H and O–H groups in total. The molecule has 1 fully saturated rings. The summed E-state index contributed by atoms with van der Waals surface area (Å²) < 4.78 is 0. The molecule has 1 heteroatoms. The molecule has 1 aromatic carbocycles. The van der Waals surface area contributed by atoms with Crippen LogP contribution in [-0.2, 0) is 12.0 Å². The molecule has 1 nitrogen and oxygen atoms in total. The Balaban J connectivity index is 2.11. The number of hydrogen-bond acceptors (Lipinski definition) is 1. The molecule has 3 rings (SSSR count). The average molecular weight is 229 g/mol. The summed E-state index contributed by atoms with van der Waals surface area (Å²) >= 11 is 0. The molecule has 3 atom stereocenters. The second kappa shape index (κ2) is 4.13. The first kappa shape index (κ1) is 11.3. The fourth-order valence-corrected chi connectivity index (χ4v) is 4.35. The van der Waals surface area contributed by atoms with Crippen molar-refractivity contribution in [1.29, 1.82) is 0 Å². The van der Waals surface area contributed by atoms with Crippen LogP contribution in [0.4, 0.5) is 0 Å². The van der Waals surface area contributed by atoms with Gasteiger partial charge in [0, 0.05) is 5.54 Å². The maximum absolute atomic E-state index is 3.87. The predicted molar refractivity (Wildman–Crippen MR) is 72.0 cm³/mol. The number of rotatable bonds is 2. The van der Waals surface area contributed by atoms with Gasteiger partial charge in [-0.05, 0) is 48.8 Å². The normalized spacial score (nSPS) is 35.4. The van der Waals surface area contributed by atoms with Crippen molar-refractivity contribution in [1.82, 2.24) is 5.32 Å². The van der Waals surface area contributed by atoms with Gasteiger partial charge >= 0.3 is 0 Å². The third kappa shape index (κ3) is 1.48. The van der Waals surface area contributed by atoms with E-state index < -0.39 is 0 Å². The van der Waals surface area contributed by atoms with Crippen molar-refractivity contribution in [3.05, 3.63) is 35.4 Å². The second-order valence-electron chi connectivity index (χ2n) is 5.79. The number of fused-ring (bicyclic) bond motifs is 3. The van der Waals surface area contributed by atoms with Crippen LogP contribution in [-0.4, -0.2) is 6.54 Å². The quantitative estimate of drug-likeness (QED) is 0.818. The van der Waals surface area contributed by atoms with Crippen molar-refractivity contribution in [2.45, 2.75) is 45.1 Å². The Morgan fingerprint density at radius 2 is 2.12 bits per heavy atom. The Kier molecular flexibility index (Phi) is 2.74. The van der Waals surface area contributed by atoms with E-state index >= 15 is 0 Å². The zero-order chi connectivity index (χ0) is 11.9. The highest BCUT2D eigenvalue weighted by atomic mass is 15.0. The van der Waals surface area contributed by atoms with Gasteiger partial charge in [-0.15, -0.1) is 0 Å². The smallest absolute Gasteiger partial charge is 0.0494 e.